The average Bonchev–Trinajstić information content (AvgIpc) is 2.84. The van der Waals surface area contributed by atoms with Crippen LogP contribution in [-0.2, 0) is 6.42 Å². The summed E-state index contributed by atoms with van der Waals surface area (Å²) in [6, 6.07) is 10.2. The predicted molar refractivity (Wildman–Crippen MR) is 79.4 cm³/mol. The molecule has 0 spiro atoms. The summed E-state index contributed by atoms with van der Waals surface area (Å²) in [5.41, 5.74) is 3.18. The fourth-order valence-corrected chi connectivity index (χ4v) is 2.05. The number of nitrogens with one attached hydrogen (secondary N) is 1. The van der Waals surface area contributed by atoms with Gasteiger partial charge in [0.1, 0.15) is 5.82 Å². The van der Waals surface area contributed by atoms with Gasteiger partial charge in [-0.15, -0.1) is 5.10 Å². The second-order valence-corrected chi connectivity index (χ2v) is 4.87. The molecular formula is C15H17N5. The van der Waals surface area contributed by atoms with Crippen LogP contribution in [0, 0.1) is 13.8 Å². The van der Waals surface area contributed by atoms with E-state index in [9.17, 15) is 0 Å². The normalized spacial score (nSPS) is 10.9. The number of anilines is 2. The van der Waals surface area contributed by atoms with E-state index in [1.54, 1.807) is 4.52 Å². The highest BCUT2D eigenvalue weighted by atomic mass is 15.4. The van der Waals surface area contributed by atoms with Crippen LogP contribution in [0.1, 0.15) is 24.0 Å². The van der Waals surface area contributed by atoms with E-state index in [-0.39, 0.29) is 0 Å². The van der Waals surface area contributed by atoms with Crippen LogP contribution in [0.3, 0.4) is 0 Å². The second-order valence-electron chi connectivity index (χ2n) is 4.87. The molecule has 3 aromatic rings. The highest BCUT2D eigenvalue weighted by molar-refractivity contribution is 5.59. The molecule has 0 bridgehead atoms. The van der Waals surface area contributed by atoms with Crippen LogP contribution in [0.25, 0.3) is 5.78 Å². The van der Waals surface area contributed by atoms with Gasteiger partial charge in [0.05, 0.1) is 0 Å². The summed E-state index contributed by atoms with van der Waals surface area (Å²) in [6.07, 6.45) is 0.798. The molecule has 0 radical (unpaired) electrons. The van der Waals surface area contributed by atoms with Crippen LogP contribution in [0.2, 0.25) is 0 Å². The maximum absolute atomic E-state index is 4.47. The van der Waals surface area contributed by atoms with Crippen molar-refractivity contribution in [3.63, 3.8) is 0 Å². The summed E-state index contributed by atoms with van der Waals surface area (Å²) in [6.45, 7) is 6.07. The van der Waals surface area contributed by atoms with Crippen LogP contribution in [-0.4, -0.2) is 19.6 Å². The third-order valence-electron chi connectivity index (χ3n) is 3.12. The number of fused-ring (bicyclic) bond motifs is 1. The Bertz CT molecular complexity index is 743. The zero-order valence-corrected chi connectivity index (χ0v) is 11.9. The minimum Gasteiger partial charge on any atom is -0.340 e. The Kier molecular flexibility index (Phi) is 3.10. The number of aromatic nitrogens is 4. The van der Waals surface area contributed by atoms with Gasteiger partial charge in [-0.25, -0.2) is 4.98 Å². The van der Waals surface area contributed by atoms with Gasteiger partial charge in [-0.1, -0.05) is 24.6 Å². The minimum atomic E-state index is 0.636. The monoisotopic (exact) mass is 267 g/mol. The zero-order valence-electron chi connectivity index (χ0n) is 11.9. The topological polar surface area (TPSA) is 55.1 Å². The summed E-state index contributed by atoms with van der Waals surface area (Å²) in [5.74, 6) is 2.31. The van der Waals surface area contributed by atoms with Crippen molar-refractivity contribution in [3.8, 4) is 0 Å². The predicted octanol–water partition coefficient (Wildman–Crippen LogP) is 3.05. The van der Waals surface area contributed by atoms with E-state index in [2.05, 4.69) is 51.6 Å². The van der Waals surface area contributed by atoms with Crippen molar-refractivity contribution in [1.82, 2.24) is 19.6 Å². The molecule has 3 rings (SSSR count). The summed E-state index contributed by atoms with van der Waals surface area (Å²) < 4.78 is 1.76. The quantitative estimate of drug-likeness (QED) is 0.792. The summed E-state index contributed by atoms with van der Waals surface area (Å²) in [5, 5.41) is 7.84. The summed E-state index contributed by atoms with van der Waals surface area (Å²) >= 11 is 0. The number of benzene rings is 1. The third kappa shape index (κ3) is 2.34. The number of rotatable bonds is 3. The number of hydrogen-bond acceptors (Lipinski definition) is 4. The highest BCUT2D eigenvalue weighted by Crippen LogP contribution is 2.18. The maximum Gasteiger partial charge on any atom is 0.254 e. The summed E-state index contributed by atoms with van der Waals surface area (Å²) in [4.78, 5) is 8.82. The summed E-state index contributed by atoms with van der Waals surface area (Å²) in [7, 11) is 0. The fraction of sp³-hybridized carbons (Fsp3) is 0.267. The van der Waals surface area contributed by atoms with Gasteiger partial charge in [-0.2, -0.15) is 9.50 Å². The second kappa shape index (κ2) is 4.92. The molecule has 0 fully saturated rings. The largest absolute Gasteiger partial charge is 0.340 e. The third-order valence-corrected chi connectivity index (χ3v) is 3.12. The molecule has 0 saturated heterocycles. The van der Waals surface area contributed by atoms with Gasteiger partial charge in [0.15, 0.2) is 5.82 Å². The lowest BCUT2D eigenvalue weighted by Gasteiger charge is -2.08. The molecule has 0 atom stereocenters. The van der Waals surface area contributed by atoms with Gasteiger partial charge in [-0.05, 0) is 26.0 Å². The van der Waals surface area contributed by atoms with Crippen molar-refractivity contribution in [2.45, 2.75) is 27.2 Å². The molecule has 20 heavy (non-hydrogen) atoms. The van der Waals surface area contributed by atoms with Crippen LogP contribution in [0.15, 0.2) is 30.3 Å². The SMILES string of the molecule is CCc1nc2nc(C)cc(Nc3ccc(C)cc3)n2n1. The Morgan fingerprint density at radius 2 is 1.85 bits per heavy atom. The molecular weight excluding hydrogens is 250 g/mol. The fourth-order valence-electron chi connectivity index (χ4n) is 2.05. The molecule has 2 heterocycles. The van der Waals surface area contributed by atoms with E-state index in [1.165, 1.54) is 5.56 Å². The van der Waals surface area contributed by atoms with Gasteiger partial charge in [0.2, 0.25) is 0 Å². The van der Waals surface area contributed by atoms with Crippen molar-refractivity contribution in [2.75, 3.05) is 5.32 Å². The van der Waals surface area contributed by atoms with Crippen LogP contribution < -0.4 is 5.32 Å². The lowest BCUT2D eigenvalue weighted by Crippen LogP contribution is -2.02. The number of aryl methyl sites for hydroxylation is 3. The molecule has 102 valence electrons. The van der Waals surface area contributed by atoms with E-state index in [1.807, 2.05) is 19.9 Å². The van der Waals surface area contributed by atoms with Gasteiger partial charge in [0.25, 0.3) is 5.78 Å². The Balaban J connectivity index is 2.05. The Hall–Kier alpha value is -2.43. The molecule has 5 heteroatoms. The van der Waals surface area contributed by atoms with E-state index in [4.69, 9.17) is 0 Å². The Labute approximate surface area is 117 Å². The Morgan fingerprint density at radius 3 is 2.55 bits per heavy atom. The minimum absolute atomic E-state index is 0.636. The molecule has 0 amide bonds. The van der Waals surface area contributed by atoms with Crippen LogP contribution in [0.4, 0.5) is 11.5 Å². The van der Waals surface area contributed by atoms with Gasteiger partial charge in [-0.3, -0.25) is 0 Å². The van der Waals surface area contributed by atoms with Gasteiger partial charge >= 0.3 is 0 Å². The molecule has 5 nitrogen and oxygen atoms in total. The molecule has 1 N–H and O–H groups in total. The first-order valence-electron chi connectivity index (χ1n) is 6.72. The molecule has 2 aromatic heterocycles. The van der Waals surface area contributed by atoms with Gasteiger partial charge in [0, 0.05) is 23.9 Å². The standard InChI is InChI=1S/C15H17N5/c1-4-13-18-15-16-11(3)9-14(20(15)19-13)17-12-7-5-10(2)6-8-12/h5-9,17H,4H2,1-3H3. The molecule has 0 aliphatic carbocycles. The Morgan fingerprint density at radius 1 is 1.10 bits per heavy atom. The van der Waals surface area contributed by atoms with Crippen LogP contribution in [0.5, 0.6) is 0 Å². The van der Waals surface area contributed by atoms with E-state index in [0.29, 0.717) is 5.78 Å². The average molecular weight is 267 g/mol. The molecule has 0 aliphatic rings. The van der Waals surface area contributed by atoms with Gasteiger partial charge < -0.3 is 5.32 Å². The lowest BCUT2D eigenvalue weighted by atomic mass is 10.2. The highest BCUT2D eigenvalue weighted by Gasteiger charge is 2.09. The lowest BCUT2D eigenvalue weighted by molar-refractivity contribution is 0.882. The maximum atomic E-state index is 4.47. The van der Waals surface area contributed by atoms with Crippen molar-refractivity contribution in [3.05, 3.63) is 47.4 Å². The first kappa shape index (κ1) is 12.6. The first-order chi connectivity index (χ1) is 9.65. The number of nitrogens with zero attached hydrogens (tertiary/aromatic N) is 4. The van der Waals surface area contributed by atoms with E-state index in [0.717, 1.165) is 29.4 Å². The van der Waals surface area contributed by atoms with E-state index >= 15 is 0 Å². The molecule has 0 aliphatic heterocycles. The van der Waals surface area contributed by atoms with Crippen molar-refractivity contribution in [1.29, 1.82) is 0 Å². The first-order valence-corrected chi connectivity index (χ1v) is 6.72. The smallest absolute Gasteiger partial charge is 0.254 e. The molecule has 1 aromatic carbocycles. The molecule has 0 saturated carbocycles. The van der Waals surface area contributed by atoms with Crippen molar-refractivity contribution in [2.24, 2.45) is 0 Å². The van der Waals surface area contributed by atoms with Crippen LogP contribution >= 0.6 is 0 Å². The van der Waals surface area contributed by atoms with Crippen molar-refractivity contribution < 1.29 is 0 Å². The van der Waals surface area contributed by atoms with E-state index < -0.39 is 0 Å². The molecule has 0 unspecified atom stereocenters. The number of hydrogen-bond donors (Lipinski definition) is 1. The van der Waals surface area contributed by atoms with Crippen molar-refractivity contribution >= 4 is 17.3 Å². The zero-order chi connectivity index (χ0) is 14.1.